The monoisotopic (exact) mass is 511 g/mol. The number of nitrogens with zero attached hydrogens (tertiary/aromatic N) is 3. The fraction of sp³-hybridized carbons (Fsp3) is 0.476. The Bertz CT molecular complexity index is 1330. The minimum Gasteiger partial charge on any atom is -0.436 e. The lowest BCUT2D eigenvalue weighted by Crippen LogP contribution is -2.53. The third-order valence-electron chi connectivity index (χ3n) is 6.85. The van der Waals surface area contributed by atoms with E-state index in [4.69, 9.17) is 22.1 Å². The van der Waals surface area contributed by atoms with Gasteiger partial charge in [0.25, 0.3) is 5.91 Å². The first-order valence-electron chi connectivity index (χ1n) is 10.8. The lowest BCUT2D eigenvalue weighted by Gasteiger charge is -2.45. The maximum Gasteiger partial charge on any atom is 0.412 e. The summed E-state index contributed by atoms with van der Waals surface area (Å²) < 4.78 is 46.1. The van der Waals surface area contributed by atoms with E-state index in [-0.39, 0.29) is 45.7 Å². The lowest BCUT2D eigenvalue weighted by atomic mass is 9.83. The number of amides is 2. The Morgan fingerprint density at radius 3 is 2.82 bits per heavy atom. The van der Waals surface area contributed by atoms with E-state index in [0.717, 1.165) is 0 Å². The third-order valence-corrected chi connectivity index (χ3v) is 9.03. The van der Waals surface area contributed by atoms with Crippen LogP contribution in [-0.2, 0) is 25.7 Å². The number of hydrogen-bond acceptors (Lipinski definition) is 7. The van der Waals surface area contributed by atoms with Gasteiger partial charge in [-0.3, -0.25) is 10.1 Å². The minimum absolute atomic E-state index is 0.0215. The van der Waals surface area contributed by atoms with Crippen LogP contribution in [0.25, 0.3) is 0 Å². The molecular formula is C21H23ClFN5O5S. The molecule has 2 saturated heterocycles. The maximum absolute atomic E-state index is 15.1. The van der Waals surface area contributed by atoms with Gasteiger partial charge in [0.1, 0.15) is 11.4 Å². The number of hydrogen-bond donors (Lipinski definition) is 2. The Balaban J connectivity index is 1.48. The van der Waals surface area contributed by atoms with Gasteiger partial charge in [-0.05, 0) is 38.3 Å². The number of nitrogens with one attached hydrogen (secondary N) is 1. The maximum atomic E-state index is 15.1. The Labute approximate surface area is 200 Å². The smallest absolute Gasteiger partial charge is 0.412 e. The molecule has 0 aliphatic carbocycles. The second-order valence-electron chi connectivity index (χ2n) is 9.32. The molecular weight excluding hydrogens is 489 g/mol. The van der Waals surface area contributed by atoms with Crippen molar-refractivity contribution in [2.24, 2.45) is 0 Å². The number of sulfone groups is 1. The number of anilines is 2. The highest BCUT2D eigenvalue weighted by atomic mass is 35.5. The quantitative estimate of drug-likeness (QED) is 0.632. The first-order valence-corrected chi connectivity index (χ1v) is 13.0. The second-order valence-corrected chi connectivity index (χ2v) is 11.9. The molecule has 5 rings (SSSR count). The molecule has 3 aliphatic rings. The average molecular weight is 512 g/mol. The van der Waals surface area contributed by atoms with Crippen molar-refractivity contribution in [3.63, 3.8) is 0 Å². The van der Waals surface area contributed by atoms with E-state index in [0.29, 0.717) is 25.8 Å². The highest BCUT2D eigenvalue weighted by Gasteiger charge is 2.49. The van der Waals surface area contributed by atoms with Gasteiger partial charge in [-0.25, -0.2) is 22.3 Å². The number of nitrogens with two attached hydrogens (primary N) is 1. The number of aromatic nitrogens is 2. The molecule has 10 nitrogen and oxygen atoms in total. The number of piperidine rings is 1. The van der Waals surface area contributed by atoms with E-state index < -0.39 is 38.8 Å². The standard InChI is InChI=1S/C21H23ClFN5O5S/c1-20(6-8-34(31,32)11-20)28-17(24)12(9-25-28)18(29)27-7-2-5-21(10-27)15-14(26-19(30)33-21)4-3-13(22)16(15)23/h3-4,9H,2,5-8,10-11,24H2,1H3,(H,26,30)/t20-,21-/m0/s1. The zero-order valence-corrected chi connectivity index (χ0v) is 19.9. The molecule has 2 amide bonds. The largest absolute Gasteiger partial charge is 0.436 e. The Morgan fingerprint density at radius 2 is 2.12 bits per heavy atom. The Morgan fingerprint density at radius 1 is 1.35 bits per heavy atom. The molecule has 13 heteroatoms. The van der Waals surface area contributed by atoms with Crippen molar-refractivity contribution < 1.29 is 27.1 Å². The molecule has 3 aliphatic heterocycles. The van der Waals surface area contributed by atoms with Gasteiger partial charge in [0.05, 0.1) is 46.1 Å². The van der Waals surface area contributed by atoms with Crippen LogP contribution in [0.15, 0.2) is 18.3 Å². The molecule has 1 spiro atoms. The molecule has 2 atom stereocenters. The molecule has 3 N–H and O–H groups in total. The number of carbonyl (C=O) groups is 2. The number of carbonyl (C=O) groups excluding carboxylic acids is 2. The van der Waals surface area contributed by atoms with Crippen molar-refractivity contribution in [2.45, 2.75) is 37.3 Å². The van der Waals surface area contributed by atoms with E-state index in [2.05, 4.69) is 10.4 Å². The van der Waals surface area contributed by atoms with Crippen LogP contribution < -0.4 is 11.1 Å². The van der Waals surface area contributed by atoms with Gasteiger partial charge < -0.3 is 15.4 Å². The molecule has 0 saturated carbocycles. The number of rotatable bonds is 2. The fourth-order valence-electron chi connectivity index (χ4n) is 5.23. The number of ether oxygens (including phenoxy) is 1. The highest BCUT2D eigenvalue weighted by Crippen LogP contribution is 2.45. The van der Waals surface area contributed by atoms with E-state index in [1.165, 1.54) is 27.9 Å². The summed E-state index contributed by atoms with van der Waals surface area (Å²) in [5, 5.41) is 6.60. The van der Waals surface area contributed by atoms with E-state index >= 15 is 4.39 Å². The number of benzene rings is 1. The van der Waals surface area contributed by atoms with E-state index in [9.17, 15) is 18.0 Å². The molecule has 0 unspecified atom stereocenters. The van der Waals surface area contributed by atoms with Crippen LogP contribution in [0.5, 0.6) is 0 Å². The third kappa shape index (κ3) is 3.50. The van der Waals surface area contributed by atoms with Crippen molar-refractivity contribution in [3.05, 3.63) is 40.3 Å². The van der Waals surface area contributed by atoms with E-state index in [1.54, 1.807) is 6.92 Å². The topological polar surface area (TPSA) is 137 Å². The highest BCUT2D eigenvalue weighted by molar-refractivity contribution is 7.91. The van der Waals surface area contributed by atoms with Gasteiger partial charge in [0, 0.05) is 6.54 Å². The van der Waals surface area contributed by atoms with Gasteiger partial charge >= 0.3 is 6.09 Å². The van der Waals surface area contributed by atoms with Crippen molar-refractivity contribution in [1.29, 1.82) is 0 Å². The normalized spacial score (nSPS) is 27.9. The summed E-state index contributed by atoms with van der Waals surface area (Å²) in [6.45, 7) is 1.97. The molecule has 182 valence electrons. The number of fused-ring (bicyclic) bond motifs is 2. The van der Waals surface area contributed by atoms with Crippen molar-refractivity contribution in [2.75, 3.05) is 35.6 Å². The zero-order chi connectivity index (χ0) is 24.5. The van der Waals surface area contributed by atoms with Crippen LogP contribution in [0.3, 0.4) is 0 Å². The summed E-state index contributed by atoms with van der Waals surface area (Å²) in [5.41, 5.74) is 4.46. The predicted octanol–water partition coefficient (Wildman–Crippen LogP) is 2.49. The molecule has 2 fully saturated rings. The first kappa shape index (κ1) is 22.9. The van der Waals surface area contributed by atoms with Gasteiger partial charge in [-0.2, -0.15) is 5.10 Å². The van der Waals surface area contributed by atoms with Crippen LogP contribution in [0.4, 0.5) is 20.7 Å². The van der Waals surface area contributed by atoms with Crippen LogP contribution in [0, 0.1) is 5.82 Å². The predicted molar refractivity (Wildman–Crippen MR) is 122 cm³/mol. The molecule has 1 aromatic carbocycles. The summed E-state index contributed by atoms with van der Waals surface area (Å²) in [5.74, 6) is -1.22. The van der Waals surface area contributed by atoms with E-state index in [1.807, 2.05) is 0 Å². The SMILES string of the molecule is C[C@]1(n2ncc(C(=O)N3CCC[C@@]4(C3)OC(=O)Nc3ccc(Cl)c(F)c34)c2N)CCS(=O)(=O)C1. The zero-order valence-electron chi connectivity index (χ0n) is 18.3. The molecule has 34 heavy (non-hydrogen) atoms. The summed E-state index contributed by atoms with van der Waals surface area (Å²) >= 11 is 6.00. The first-order chi connectivity index (χ1) is 15.9. The van der Waals surface area contributed by atoms with Crippen molar-refractivity contribution in [3.8, 4) is 0 Å². The van der Waals surface area contributed by atoms with Crippen LogP contribution in [0.1, 0.15) is 42.1 Å². The molecule has 1 aromatic heterocycles. The van der Waals surface area contributed by atoms with Crippen LogP contribution >= 0.6 is 11.6 Å². The van der Waals surface area contributed by atoms with Gasteiger partial charge in [-0.1, -0.05) is 11.6 Å². The van der Waals surface area contributed by atoms with Crippen molar-refractivity contribution in [1.82, 2.24) is 14.7 Å². The van der Waals surface area contributed by atoms with Gasteiger partial charge in [-0.15, -0.1) is 0 Å². The number of halogens is 2. The van der Waals surface area contributed by atoms with Gasteiger partial charge in [0.2, 0.25) is 0 Å². The molecule has 0 bridgehead atoms. The molecule has 4 heterocycles. The fourth-order valence-corrected chi connectivity index (χ4v) is 7.50. The van der Waals surface area contributed by atoms with Crippen LogP contribution in [-0.4, -0.2) is 59.7 Å². The summed E-state index contributed by atoms with van der Waals surface area (Å²) in [7, 11) is -3.22. The summed E-state index contributed by atoms with van der Waals surface area (Å²) in [6.07, 6.45) is 1.65. The van der Waals surface area contributed by atoms with Crippen molar-refractivity contribution >= 4 is 44.9 Å². The number of likely N-dealkylation sites (tertiary alicyclic amines) is 1. The Kier molecular flexibility index (Phi) is 5.10. The lowest BCUT2D eigenvalue weighted by molar-refractivity contribution is -0.0418. The summed E-state index contributed by atoms with van der Waals surface area (Å²) in [4.78, 5) is 27.2. The number of nitrogen functional groups attached to an aromatic ring is 1. The Hall–Kier alpha value is -2.86. The van der Waals surface area contributed by atoms with Gasteiger partial charge in [0.15, 0.2) is 21.3 Å². The molecule has 0 radical (unpaired) electrons. The second kappa shape index (κ2) is 7.57. The minimum atomic E-state index is -3.22. The summed E-state index contributed by atoms with van der Waals surface area (Å²) in [6, 6.07) is 2.85. The average Bonchev–Trinajstić information content (AvgIpc) is 3.29. The van der Waals surface area contributed by atoms with Crippen LogP contribution in [0.2, 0.25) is 5.02 Å². The molecule has 2 aromatic rings.